The lowest BCUT2D eigenvalue weighted by molar-refractivity contribution is -0.130. The summed E-state index contributed by atoms with van der Waals surface area (Å²) in [5.74, 6) is -0.696. The molecule has 2 atom stereocenters. The van der Waals surface area contributed by atoms with Crippen LogP contribution in [-0.2, 0) is 9.59 Å². The second-order valence-electron chi connectivity index (χ2n) is 4.74. The number of nitrogens with two attached hydrogens (primary N) is 1. The van der Waals surface area contributed by atoms with Crippen molar-refractivity contribution in [3.63, 3.8) is 0 Å². The molecule has 1 aliphatic carbocycles. The van der Waals surface area contributed by atoms with Gasteiger partial charge in [-0.05, 0) is 24.8 Å². The molecular weight excluding hydrogens is 240 g/mol. The maximum Gasteiger partial charge on any atom is 0.244 e. The number of carbonyl (C=O) groups excluding carboxylic acids is 2. The molecule has 0 saturated heterocycles. The molecule has 0 unspecified atom stereocenters. The van der Waals surface area contributed by atoms with E-state index in [2.05, 4.69) is 11.4 Å². The zero-order valence-electron chi connectivity index (χ0n) is 10.7. The van der Waals surface area contributed by atoms with E-state index in [-0.39, 0.29) is 11.8 Å². The Bertz CT molecular complexity index is 482. The molecule has 1 aromatic rings. The number of amides is 2. The Labute approximate surface area is 112 Å². The van der Waals surface area contributed by atoms with Crippen LogP contribution in [0.4, 0.5) is 0 Å². The first-order chi connectivity index (χ1) is 9.18. The fourth-order valence-electron chi connectivity index (χ4n) is 2.26. The van der Waals surface area contributed by atoms with Gasteiger partial charge in [0.15, 0.2) is 0 Å². The van der Waals surface area contributed by atoms with Gasteiger partial charge in [-0.3, -0.25) is 9.59 Å². The van der Waals surface area contributed by atoms with Gasteiger partial charge < -0.3 is 11.1 Å². The van der Waals surface area contributed by atoms with E-state index in [1.165, 1.54) is 0 Å². The molecule has 1 aromatic carbocycles. The monoisotopic (exact) mass is 258 g/mol. The number of nitrogens with one attached hydrogen (secondary N) is 1. The molecule has 0 radical (unpaired) electrons. The highest BCUT2D eigenvalue weighted by Gasteiger charge is 2.25. The Morgan fingerprint density at radius 2 is 1.95 bits per heavy atom. The lowest BCUT2D eigenvalue weighted by atomic mass is 9.93. The third kappa shape index (κ3) is 3.44. The average Bonchev–Trinajstić information content (AvgIpc) is 2.46. The van der Waals surface area contributed by atoms with Crippen LogP contribution < -0.4 is 11.1 Å². The topological polar surface area (TPSA) is 72.2 Å². The number of benzene rings is 1. The fourth-order valence-corrected chi connectivity index (χ4v) is 2.26. The SMILES string of the molecule is NC(=O)[C@@H](NC(=O)[C@H]1CC=CCC1)c1ccccc1. The third-order valence-corrected chi connectivity index (χ3v) is 3.34. The van der Waals surface area contributed by atoms with Crippen LogP contribution in [0.15, 0.2) is 42.5 Å². The van der Waals surface area contributed by atoms with Gasteiger partial charge in [0.2, 0.25) is 11.8 Å². The zero-order valence-corrected chi connectivity index (χ0v) is 10.7. The number of hydrogen-bond donors (Lipinski definition) is 2. The van der Waals surface area contributed by atoms with E-state index >= 15 is 0 Å². The van der Waals surface area contributed by atoms with Crippen molar-refractivity contribution in [2.45, 2.75) is 25.3 Å². The molecule has 4 heteroatoms. The Hall–Kier alpha value is -2.10. The number of primary amides is 1. The van der Waals surface area contributed by atoms with Crippen LogP contribution in [0.3, 0.4) is 0 Å². The summed E-state index contributed by atoms with van der Waals surface area (Å²) in [6.45, 7) is 0. The maximum absolute atomic E-state index is 12.1. The van der Waals surface area contributed by atoms with E-state index in [0.29, 0.717) is 0 Å². The summed E-state index contributed by atoms with van der Waals surface area (Å²) in [7, 11) is 0. The Balaban J connectivity index is 2.07. The second kappa shape index (κ2) is 6.18. The molecule has 100 valence electrons. The Kier molecular flexibility index (Phi) is 4.34. The van der Waals surface area contributed by atoms with Crippen molar-refractivity contribution in [3.8, 4) is 0 Å². The van der Waals surface area contributed by atoms with Crippen molar-refractivity contribution in [2.24, 2.45) is 11.7 Å². The van der Waals surface area contributed by atoms with Gasteiger partial charge in [-0.15, -0.1) is 0 Å². The normalized spacial score (nSPS) is 19.7. The van der Waals surface area contributed by atoms with Crippen LogP contribution in [0.5, 0.6) is 0 Å². The minimum atomic E-state index is -0.750. The fraction of sp³-hybridized carbons (Fsp3) is 0.333. The summed E-state index contributed by atoms with van der Waals surface area (Å²) in [6, 6.07) is 8.32. The van der Waals surface area contributed by atoms with Gasteiger partial charge in [0, 0.05) is 5.92 Å². The van der Waals surface area contributed by atoms with Crippen LogP contribution in [-0.4, -0.2) is 11.8 Å². The maximum atomic E-state index is 12.1. The third-order valence-electron chi connectivity index (χ3n) is 3.34. The number of allylic oxidation sites excluding steroid dienone is 2. The van der Waals surface area contributed by atoms with Crippen molar-refractivity contribution >= 4 is 11.8 Å². The van der Waals surface area contributed by atoms with Crippen molar-refractivity contribution in [3.05, 3.63) is 48.0 Å². The molecule has 3 N–H and O–H groups in total. The van der Waals surface area contributed by atoms with Gasteiger partial charge in [-0.1, -0.05) is 42.5 Å². The van der Waals surface area contributed by atoms with Gasteiger partial charge >= 0.3 is 0 Å². The van der Waals surface area contributed by atoms with Crippen molar-refractivity contribution in [1.82, 2.24) is 5.32 Å². The molecule has 4 nitrogen and oxygen atoms in total. The van der Waals surface area contributed by atoms with Gasteiger partial charge in [0.1, 0.15) is 6.04 Å². The van der Waals surface area contributed by atoms with E-state index in [1.54, 1.807) is 12.1 Å². The van der Waals surface area contributed by atoms with Gasteiger partial charge in [-0.2, -0.15) is 0 Å². The van der Waals surface area contributed by atoms with E-state index < -0.39 is 11.9 Å². The molecule has 19 heavy (non-hydrogen) atoms. The minimum Gasteiger partial charge on any atom is -0.368 e. The summed E-state index contributed by atoms with van der Waals surface area (Å²) < 4.78 is 0. The Morgan fingerprint density at radius 3 is 2.53 bits per heavy atom. The van der Waals surface area contributed by atoms with Gasteiger partial charge in [-0.25, -0.2) is 0 Å². The summed E-state index contributed by atoms with van der Waals surface area (Å²) >= 11 is 0. The van der Waals surface area contributed by atoms with Crippen LogP contribution in [0.2, 0.25) is 0 Å². The molecule has 0 heterocycles. The summed E-state index contributed by atoms with van der Waals surface area (Å²) in [4.78, 5) is 23.6. The molecule has 0 bridgehead atoms. The summed E-state index contributed by atoms with van der Waals surface area (Å²) in [5.41, 5.74) is 6.10. The largest absolute Gasteiger partial charge is 0.368 e. The molecule has 0 aliphatic heterocycles. The molecular formula is C15H18N2O2. The predicted octanol–water partition coefficient (Wildman–Crippen LogP) is 1.69. The van der Waals surface area contributed by atoms with E-state index in [1.807, 2.05) is 24.3 Å². The molecule has 0 aromatic heterocycles. The quantitative estimate of drug-likeness (QED) is 0.807. The summed E-state index contributed by atoms with van der Waals surface area (Å²) in [5, 5.41) is 2.76. The lowest BCUT2D eigenvalue weighted by Gasteiger charge is -2.21. The van der Waals surface area contributed by atoms with Crippen LogP contribution in [0.1, 0.15) is 30.9 Å². The molecule has 0 saturated carbocycles. The number of hydrogen-bond acceptors (Lipinski definition) is 2. The second-order valence-corrected chi connectivity index (χ2v) is 4.74. The molecule has 2 rings (SSSR count). The van der Waals surface area contributed by atoms with Gasteiger partial charge in [0.25, 0.3) is 0 Å². The highest BCUT2D eigenvalue weighted by atomic mass is 16.2. The van der Waals surface area contributed by atoms with E-state index in [4.69, 9.17) is 5.73 Å². The highest BCUT2D eigenvalue weighted by Crippen LogP contribution is 2.20. The smallest absolute Gasteiger partial charge is 0.244 e. The first-order valence-corrected chi connectivity index (χ1v) is 6.48. The van der Waals surface area contributed by atoms with Crippen molar-refractivity contribution < 1.29 is 9.59 Å². The van der Waals surface area contributed by atoms with E-state index in [9.17, 15) is 9.59 Å². The molecule has 2 amide bonds. The predicted molar refractivity (Wildman–Crippen MR) is 73.0 cm³/mol. The minimum absolute atomic E-state index is 0.0597. The Morgan fingerprint density at radius 1 is 1.21 bits per heavy atom. The first kappa shape index (κ1) is 13.3. The lowest BCUT2D eigenvalue weighted by Crippen LogP contribution is -2.40. The average molecular weight is 258 g/mol. The van der Waals surface area contributed by atoms with E-state index in [0.717, 1.165) is 24.8 Å². The highest BCUT2D eigenvalue weighted by molar-refractivity contribution is 5.88. The van der Waals surface area contributed by atoms with Gasteiger partial charge in [0.05, 0.1) is 0 Å². The standard InChI is InChI=1S/C15H18N2O2/c16-14(18)13(11-7-3-1-4-8-11)17-15(19)12-9-5-2-6-10-12/h1-5,7-8,12-13H,6,9-10H2,(H2,16,18)(H,17,19)/t12-,13-/m0/s1. The first-order valence-electron chi connectivity index (χ1n) is 6.48. The van der Waals surface area contributed by atoms with Crippen molar-refractivity contribution in [2.75, 3.05) is 0 Å². The van der Waals surface area contributed by atoms with Crippen molar-refractivity contribution in [1.29, 1.82) is 0 Å². The van der Waals surface area contributed by atoms with Crippen LogP contribution in [0, 0.1) is 5.92 Å². The number of carbonyl (C=O) groups is 2. The zero-order chi connectivity index (χ0) is 13.7. The molecule has 0 fully saturated rings. The summed E-state index contributed by atoms with van der Waals surface area (Å²) in [6.07, 6.45) is 6.54. The number of rotatable bonds is 4. The van der Waals surface area contributed by atoms with Crippen LogP contribution in [0.25, 0.3) is 0 Å². The van der Waals surface area contributed by atoms with Crippen LogP contribution >= 0.6 is 0 Å². The molecule has 1 aliphatic rings. The molecule has 0 spiro atoms.